The molecule has 2 unspecified atom stereocenters. The number of hydrogen-bond acceptors (Lipinski definition) is 3. The third-order valence-corrected chi connectivity index (χ3v) is 3.60. The van der Waals surface area contributed by atoms with Gasteiger partial charge in [-0.1, -0.05) is 17.7 Å². The van der Waals surface area contributed by atoms with Crippen LogP contribution in [0.1, 0.15) is 30.9 Å². The molecule has 1 aromatic rings. The van der Waals surface area contributed by atoms with Crippen LogP contribution in [0.15, 0.2) is 18.2 Å². The van der Waals surface area contributed by atoms with Crippen LogP contribution >= 0.6 is 0 Å². The van der Waals surface area contributed by atoms with Gasteiger partial charge in [0, 0.05) is 6.61 Å². The summed E-state index contributed by atoms with van der Waals surface area (Å²) < 4.78 is 11.1. The molecule has 20 heavy (non-hydrogen) atoms. The minimum absolute atomic E-state index is 0.0349. The first-order chi connectivity index (χ1) is 9.56. The smallest absolute Gasteiger partial charge is 0.258 e. The van der Waals surface area contributed by atoms with Crippen molar-refractivity contribution in [3.8, 4) is 5.75 Å². The third kappa shape index (κ3) is 3.97. The molecule has 0 radical (unpaired) electrons. The number of benzene rings is 1. The maximum atomic E-state index is 11.9. The lowest BCUT2D eigenvalue weighted by atomic mass is 10.1. The van der Waals surface area contributed by atoms with E-state index in [1.54, 1.807) is 0 Å². The number of nitrogens with one attached hydrogen (secondary N) is 1. The molecule has 0 aromatic heterocycles. The molecular weight excluding hydrogens is 254 g/mol. The van der Waals surface area contributed by atoms with Gasteiger partial charge in [0.1, 0.15) is 5.75 Å². The molecule has 0 bridgehead atoms. The highest BCUT2D eigenvalue weighted by atomic mass is 16.5. The fourth-order valence-corrected chi connectivity index (χ4v) is 2.49. The van der Waals surface area contributed by atoms with Crippen molar-refractivity contribution in [1.29, 1.82) is 0 Å². The molecule has 4 nitrogen and oxygen atoms in total. The molecule has 0 spiro atoms. The standard InChI is InChI=1S/C16H23NO3/c1-11-6-7-14(12(2)9-11)20-10-16(18)17-13(3)15-5-4-8-19-15/h6-7,9,13,15H,4-5,8,10H2,1-3H3,(H,17,18). The zero-order valence-corrected chi connectivity index (χ0v) is 12.4. The van der Waals surface area contributed by atoms with E-state index in [4.69, 9.17) is 9.47 Å². The van der Waals surface area contributed by atoms with Crippen LogP contribution in [0.2, 0.25) is 0 Å². The molecule has 1 aromatic carbocycles. The van der Waals surface area contributed by atoms with Crippen LogP contribution in [0.25, 0.3) is 0 Å². The van der Waals surface area contributed by atoms with Crippen molar-refractivity contribution >= 4 is 5.91 Å². The van der Waals surface area contributed by atoms with Gasteiger partial charge in [0.25, 0.3) is 5.91 Å². The molecule has 0 saturated carbocycles. The maximum absolute atomic E-state index is 11.9. The van der Waals surface area contributed by atoms with Crippen molar-refractivity contribution in [3.05, 3.63) is 29.3 Å². The summed E-state index contributed by atoms with van der Waals surface area (Å²) in [6, 6.07) is 5.96. The highest BCUT2D eigenvalue weighted by molar-refractivity contribution is 5.77. The number of aryl methyl sites for hydroxylation is 2. The van der Waals surface area contributed by atoms with Gasteiger partial charge in [-0.05, 0) is 45.2 Å². The van der Waals surface area contributed by atoms with Gasteiger partial charge in [0.15, 0.2) is 6.61 Å². The molecule has 1 N–H and O–H groups in total. The van der Waals surface area contributed by atoms with Gasteiger partial charge >= 0.3 is 0 Å². The molecular formula is C16H23NO3. The van der Waals surface area contributed by atoms with Crippen molar-refractivity contribution in [2.75, 3.05) is 13.2 Å². The Kier molecular flexibility index (Phi) is 5.01. The zero-order valence-electron chi connectivity index (χ0n) is 12.4. The number of ether oxygens (including phenoxy) is 2. The molecule has 1 amide bonds. The summed E-state index contributed by atoms with van der Waals surface area (Å²) in [6.45, 7) is 6.83. The second kappa shape index (κ2) is 6.75. The second-order valence-corrected chi connectivity index (χ2v) is 5.47. The summed E-state index contributed by atoms with van der Waals surface area (Å²) in [5, 5.41) is 2.93. The molecule has 1 aliphatic rings. The van der Waals surface area contributed by atoms with E-state index in [-0.39, 0.29) is 24.7 Å². The first-order valence-corrected chi connectivity index (χ1v) is 7.17. The first-order valence-electron chi connectivity index (χ1n) is 7.17. The molecule has 0 aliphatic carbocycles. The SMILES string of the molecule is Cc1ccc(OCC(=O)NC(C)C2CCCO2)c(C)c1. The van der Waals surface area contributed by atoms with Crippen molar-refractivity contribution in [3.63, 3.8) is 0 Å². The van der Waals surface area contributed by atoms with E-state index in [1.165, 1.54) is 5.56 Å². The van der Waals surface area contributed by atoms with Gasteiger partial charge in [-0.15, -0.1) is 0 Å². The van der Waals surface area contributed by atoms with Gasteiger partial charge < -0.3 is 14.8 Å². The molecule has 1 saturated heterocycles. The highest BCUT2D eigenvalue weighted by Gasteiger charge is 2.23. The Bertz CT molecular complexity index is 467. The number of amides is 1. The van der Waals surface area contributed by atoms with Gasteiger partial charge in [-0.2, -0.15) is 0 Å². The van der Waals surface area contributed by atoms with Crippen molar-refractivity contribution in [2.24, 2.45) is 0 Å². The summed E-state index contributed by atoms with van der Waals surface area (Å²) in [4.78, 5) is 11.9. The van der Waals surface area contributed by atoms with Crippen LogP contribution in [0.5, 0.6) is 5.75 Å². The molecule has 4 heteroatoms. The topological polar surface area (TPSA) is 47.6 Å². The largest absolute Gasteiger partial charge is 0.484 e. The Balaban J connectivity index is 1.79. The quantitative estimate of drug-likeness (QED) is 0.899. The van der Waals surface area contributed by atoms with Crippen molar-refractivity contribution in [2.45, 2.75) is 45.8 Å². The van der Waals surface area contributed by atoms with Gasteiger partial charge in [0.05, 0.1) is 12.1 Å². The van der Waals surface area contributed by atoms with Gasteiger partial charge in [-0.3, -0.25) is 4.79 Å². The van der Waals surface area contributed by atoms with E-state index in [9.17, 15) is 4.79 Å². The summed E-state index contributed by atoms with van der Waals surface area (Å²) in [6.07, 6.45) is 2.23. The lowest BCUT2D eigenvalue weighted by Crippen LogP contribution is -2.42. The zero-order chi connectivity index (χ0) is 14.5. The summed E-state index contributed by atoms with van der Waals surface area (Å²) in [5.41, 5.74) is 2.23. The fraction of sp³-hybridized carbons (Fsp3) is 0.562. The lowest BCUT2D eigenvalue weighted by molar-refractivity contribution is -0.124. The van der Waals surface area contributed by atoms with E-state index >= 15 is 0 Å². The predicted molar refractivity (Wildman–Crippen MR) is 78.0 cm³/mol. The fourth-order valence-electron chi connectivity index (χ4n) is 2.49. The van der Waals surface area contributed by atoms with Crippen LogP contribution in [0, 0.1) is 13.8 Å². The number of rotatable bonds is 5. The average molecular weight is 277 g/mol. The Morgan fingerprint density at radius 2 is 2.30 bits per heavy atom. The van der Waals surface area contributed by atoms with Gasteiger partial charge in [-0.25, -0.2) is 0 Å². The van der Waals surface area contributed by atoms with Crippen LogP contribution < -0.4 is 10.1 Å². The summed E-state index contributed by atoms with van der Waals surface area (Å²) in [7, 11) is 0. The summed E-state index contributed by atoms with van der Waals surface area (Å²) >= 11 is 0. The van der Waals surface area contributed by atoms with E-state index in [0.29, 0.717) is 0 Å². The van der Waals surface area contributed by atoms with Crippen LogP contribution in [-0.4, -0.2) is 31.3 Å². The first kappa shape index (κ1) is 14.9. The van der Waals surface area contributed by atoms with Crippen LogP contribution in [0.4, 0.5) is 0 Å². The predicted octanol–water partition coefficient (Wildman–Crippen LogP) is 2.37. The van der Waals surface area contributed by atoms with E-state index in [0.717, 1.165) is 30.8 Å². The van der Waals surface area contributed by atoms with Crippen LogP contribution in [0.3, 0.4) is 0 Å². The minimum atomic E-state index is -0.104. The molecule has 1 aliphatic heterocycles. The molecule has 1 heterocycles. The van der Waals surface area contributed by atoms with Crippen molar-refractivity contribution < 1.29 is 14.3 Å². The molecule has 1 fully saturated rings. The van der Waals surface area contributed by atoms with E-state index < -0.39 is 0 Å². The molecule has 110 valence electrons. The minimum Gasteiger partial charge on any atom is -0.484 e. The Labute approximate surface area is 120 Å². The monoisotopic (exact) mass is 277 g/mol. The molecule has 2 atom stereocenters. The van der Waals surface area contributed by atoms with E-state index in [1.807, 2.05) is 39.0 Å². The third-order valence-electron chi connectivity index (χ3n) is 3.60. The number of carbonyl (C=O) groups excluding carboxylic acids is 1. The van der Waals surface area contributed by atoms with Crippen molar-refractivity contribution in [1.82, 2.24) is 5.32 Å². The molecule has 2 rings (SSSR count). The number of carbonyl (C=O) groups is 1. The lowest BCUT2D eigenvalue weighted by Gasteiger charge is -2.20. The van der Waals surface area contributed by atoms with E-state index in [2.05, 4.69) is 5.32 Å². The Morgan fingerprint density at radius 3 is 2.95 bits per heavy atom. The number of hydrogen-bond donors (Lipinski definition) is 1. The maximum Gasteiger partial charge on any atom is 0.258 e. The summed E-state index contributed by atoms with van der Waals surface area (Å²) in [5.74, 6) is 0.656. The second-order valence-electron chi connectivity index (χ2n) is 5.47. The van der Waals surface area contributed by atoms with Crippen LogP contribution in [-0.2, 0) is 9.53 Å². The average Bonchev–Trinajstić information content (AvgIpc) is 2.91. The Hall–Kier alpha value is -1.55. The Morgan fingerprint density at radius 1 is 1.50 bits per heavy atom. The normalized spacial score (nSPS) is 19.6. The highest BCUT2D eigenvalue weighted by Crippen LogP contribution is 2.18. The van der Waals surface area contributed by atoms with Gasteiger partial charge in [0.2, 0.25) is 0 Å².